The van der Waals surface area contributed by atoms with E-state index in [0.29, 0.717) is 29.2 Å². The number of benzene rings is 4. The molecule has 0 aliphatic carbocycles. The molecule has 1 N–H and O–H groups in total. The standard InChI is InChI=1S/C28H23N3O4/c1-33-27-16-21(8-13-26(27)34-15-14-29)18-30-31-28(32)23-9-6-20(7-10-23)19-35-25-12-11-22-4-2-3-5-24(22)17-25/h2-13,16-18H,15,19H2,1H3,(H,31,32)/b30-18+. The van der Waals surface area contributed by atoms with Crippen LogP contribution in [0.25, 0.3) is 10.8 Å². The molecule has 35 heavy (non-hydrogen) atoms. The summed E-state index contributed by atoms with van der Waals surface area (Å²) >= 11 is 0. The van der Waals surface area contributed by atoms with Crippen molar-refractivity contribution >= 4 is 22.9 Å². The molecule has 0 saturated carbocycles. The predicted octanol–water partition coefficient (Wildman–Crippen LogP) is 5.09. The van der Waals surface area contributed by atoms with Gasteiger partial charge < -0.3 is 14.2 Å². The zero-order chi connectivity index (χ0) is 24.5. The van der Waals surface area contributed by atoms with Crippen LogP contribution in [0.15, 0.2) is 90.0 Å². The first-order valence-corrected chi connectivity index (χ1v) is 10.9. The number of nitrogens with zero attached hydrogens (tertiary/aromatic N) is 2. The molecule has 0 bridgehead atoms. The number of rotatable bonds is 9. The van der Waals surface area contributed by atoms with Crippen molar-refractivity contribution in [3.05, 3.63) is 102 Å². The minimum Gasteiger partial charge on any atom is -0.493 e. The Hall–Kier alpha value is -4.83. The molecule has 4 rings (SSSR count). The summed E-state index contributed by atoms with van der Waals surface area (Å²) in [5.74, 6) is 1.39. The van der Waals surface area contributed by atoms with Crippen LogP contribution in [0.3, 0.4) is 0 Å². The maximum atomic E-state index is 12.4. The monoisotopic (exact) mass is 465 g/mol. The molecule has 174 valence electrons. The SMILES string of the molecule is COc1cc(/C=N/NC(=O)c2ccc(COc3ccc4ccccc4c3)cc2)ccc1OCC#N. The lowest BCUT2D eigenvalue weighted by Gasteiger charge is -2.09. The smallest absolute Gasteiger partial charge is 0.271 e. The van der Waals surface area contributed by atoms with Crippen molar-refractivity contribution in [2.24, 2.45) is 5.10 Å². The normalized spacial score (nSPS) is 10.6. The van der Waals surface area contributed by atoms with Gasteiger partial charge in [-0.2, -0.15) is 10.4 Å². The van der Waals surface area contributed by atoms with E-state index in [1.54, 1.807) is 30.3 Å². The van der Waals surface area contributed by atoms with Crippen LogP contribution in [0.1, 0.15) is 21.5 Å². The highest BCUT2D eigenvalue weighted by Crippen LogP contribution is 2.27. The van der Waals surface area contributed by atoms with Gasteiger partial charge in [-0.1, -0.05) is 42.5 Å². The number of nitriles is 1. The van der Waals surface area contributed by atoms with Crippen molar-refractivity contribution in [2.45, 2.75) is 6.61 Å². The average Bonchev–Trinajstić information content (AvgIpc) is 2.91. The molecule has 0 aliphatic heterocycles. The molecule has 0 saturated heterocycles. The lowest BCUT2D eigenvalue weighted by molar-refractivity contribution is 0.0955. The maximum Gasteiger partial charge on any atom is 0.271 e. The van der Waals surface area contributed by atoms with Gasteiger partial charge in [0.25, 0.3) is 5.91 Å². The van der Waals surface area contributed by atoms with Crippen LogP contribution in [0, 0.1) is 11.3 Å². The molecule has 0 fully saturated rings. The van der Waals surface area contributed by atoms with Gasteiger partial charge in [0.1, 0.15) is 18.4 Å². The summed E-state index contributed by atoms with van der Waals surface area (Å²) in [7, 11) is 1.51. The summed E-state index contributed by atoms with van der Waals surface area (Å²) in [5, 5.41) is 14.9. The van der Waals surface area contributed by atoms with Crippen LogP contribution in [0.5, 0.6) is 17.2 Å². The molecule has 0 unspecified atom stereocenters. The molecule has 4 aromatic carbocycles. The summed E-state index contributed by atoms with van der Waals surface area (Å²) in [6.07, 6.45) is 1.50. The van der Waals surface area contributed by atoms with E-state index in [-0.39, 0.29) is 12.5 Å². The number of carbonyl (C=O) groups excluding carboxylic acids is 1. The largest absolute Gasteiger partial charge is 0.493 e. The topological polar surface area (TPSA) is 92.9 Å². The van der Waals surface area contributed by atoms with Gasteiger partial charge in [0.2, 0.25) is 0 Å². The van der Waals surface area contributed by atoms with Crippen LogP contribution < -0.4 is 19.6 Å². The van der Waals surface area contributed by atoms with Gasteiger partial charge in [-0.3, -0.25) is 4.79 Å². The van der Waals surface area contributed by atoms with E-state index in [9.17, 15) is 4.79 Å². The van der Waals surface area contributed by atoms with Gasteiger partial charge in [0, 0.05) is 5.56 Å². The number of carbonyl (C=O) groups is 1. The van der Waals surface area contributed by atoms with Crippen molar-refractivity contribution in [1.29, 1.82) is 5.26 Å². The fourth-order valence-electron chi connectivity index (χ4n) is 3.40. The molecule has 7 nitrogen and oxygen atoms in total. The van der Waals surface area contributed by atoms with Gasteiger partial charge in [0.05, 0.1) is 13.3 Å². The Kier molecular flexibility index (Phi) is 7.56. The van der Waals surface area contributed by atoms with Crippen molar-refractivity contribution < 1.29 is 19.0 Å². The van der Waals surface area contributed by atoms with Crippen molar-refractivity contribution in [3.63, 3.8) is 0 Å². The number of nitrogens with one attached hydrogen (secondary N) is 1. The van der Waals surface area contributed by atoms with E-state index >= 15 is 0 Å². The third-order valence-electron chi connectivity index (χ3n) is 5.20. The second-order valence-electron chi connectivity index (χ2n) is 7.55. The zero-order valence-electron chi connectivity index (χ0n) is 19.1. The lowest BCUT2D eigenvalue weighted by Crippen LogP contribution is -2.17. The molecule has 0 spiro atoms. The van der Waals surface area contributed by atoms with Crippen molar-refractivity contribution in [3.8, 4) is 23.3 Å². The number of fused-ring (bicyclic) bond motifs is 1. The van der Waals surface area contributed by atoms with E-state index in [4.69, 9.17) is 19.5 Å². The summed E-state index contributed by atoms with van der Waals surface area (Å²) in [6, 6.07) is 28.3. The molecule has 0 aliphatic rings. The maximum absolute atomic E-state index is 12.4. The molecular formula is C28H23N3O4. The van der Waals surface area contributed by atoms with E-state index in [0.717, 1.165) is 16.7 Å². The lowest BCUT2D eigenvalue weighted by atomic mass is 10.1. The van der Waals surface area contributed by atoms with E-state index in [1.807, 2.05) is 48.5 Å². The Bertz CT molecular complexity index is 1390. The minimum atomic E-state index is -0.329. The number of ether oxygens (including phenoxy) is 3. The molecule has 0 atom stereocenters. The highest BCUT2D eigenvalue weighted by atomic mass is 16.5. The summed E-state index contributed by atoms with van der Waals surface area (Å²) in [4.78, 5) is 12.4. The Morgan fingerprint density at radius 1 is 0.943 bits per heavy atom. The molecule has 0 radical (unpaired) electrons. The molecular weight excluding hydrogens is 442 g/mol. The van der Waals surface area contributed by atoms with Crippen LogP contribution in [-0.4, -0.2) is 25.8 Å². The molecule has 0 aromatic heterocycles. The average molecular weight is 466 g/mol. The Morgan fingerprint density at radius 3 is 2.51 bits per heavy atom. The predicted molar refractivity (Wildman–Crippen MR) is 134 cm³/mol. The number of methoxy groups -OCH3 is 1. The Labute approximate surface area is 203 Å². The van der Waals surface area contributed by atoms with Gasteiger partial charge in [-0.15, -0.1) is 0 Å². The van der Waals surface area contributed by atoms with E-state index < -0.39 is 0 Å². The van der Waals surface area contributed by atoms with Crippen LogP contribution in [-0.2, 0) is 6.61 Å². The first-order chi connectivity index (χ1) is 17.2. The molecule has 1 amide bonds. The van der Waals surface area contributed by atoms with Crippen molar-refractivity contribution in [2.75, 3.05) is 13.7 Å². The van der Waals surface area contributed by atoms with Gasteiger partial charge in [-0.05, 0) is 64.4 Å². The highest BCUT2D eigenvalue weighted by molar-refractivity contribution is 5.95. The summed E-state index contributed by atoms with van der Waals surface area (Å²) in [5.41, 5.74) is 4.64. The van der Waals surface area contributed by atoms with Crippen LogP contribution >= 0.6 is 0 Å². The van der Waals surface area contributed by atoms with Crippen LogP contribution in [0.2, 0.25) is 0 Å². The summed E-state index contributed by atoms with van der Waals surface area (Å²) < 4.78 is 16.5. The van der Waals surface area contributed by atoms with E-state index in [1.165, 1.54) is 18.7 Å². The third-order valence-corrected chi connectivity index (χ3v) is 5.20. The Balaban J connectivity index is 1.31. The zero-order valence-corrected chi connectivity index (χ0v) is 19.1. The number of hydrogen-bond donors (Lipinski definition) is 1. The number of hydrogen-bond acceptors (Lipinski definition) is 6. The van der Waals surface area contributed by atoms with Gasteiger partial charge >= 0.3 is 0 Å². The number of amides is 1. The molecule has 0 heterocycles. The quantitative estimate of drug-likeness (QED) is 0.274. The van der Waals surface area contributed by atoms with Crippen LogP contribution in [0.4, 0.5) is 0 Å². The van der Waals surface area contributed by atoms with E-state index in [2.05, 4.69) is 22.7 Å². The Morgan fingerprint density at radius 2 is 1.74 bits per heavy atom. The fourth-order valence-corrected chi connectivity index (χ4v) is 3.40. The fraction of sp³-hybridized carbons (Fsp3) is 0.107. The van der Waals surface area contributed by atoms with Gasteiger partial charge in [-0.25, -0.2) is 5.43 Å². The van der Waals surface area contributed by atoms with Crippen molar-refractivity contribution in [1.82, 2.24) is 5.43 Å². The highest BCUT2D eigenvalue weighted by Gasteiger charge is 2.07. The first kappa shape index (κ1) is 23.3. The summed E-state index contributed by atoms with van der Waals surface area (Å²) in [6.45, 7) is 0.322. The first-order valence-electron chi connectivity index (χ1n) is 10.9. The molecule has 4 aromatic rings. The van der Waals surface area contributed by atoms with Gasteiger partial charge in [0.15, 0.2) is 18.1 Å². The second kappa shape index (κ2) is 11.3. The minimum absolute atomic E-state index is 0.0752. The third kappa shape index (κ3) is 6.15. The second-order valence-corrected chi connectivity index (χ2v) is 7.55. The molecule has 7 heteroatoms. The number of hydrazone groups is 1.